The third kappa shape index (κ3) is 1.65. The normalized spacial score (nSPS) is 23.2. The van der Waals surface area contributed by atoms with Gasteiger partial charge in [-0.3, -0.25) is 0 Å². The molecule has 2 unspecified atom stereocenters. The number of benzene rings is 1. The van der Waals surface area contributed by atoms with E-state index in [2.05, 4.69) is 43.0 Å². The molecule has 14 heavy (non-hydrogen) atoms. The van der Waals surface area contributed by atoms with Gasteiger partial charge in [0.1, 0.15) is 0 Å². The third-order valence-corrected chi connectivity index (χ3v) is 8.21. The molecule has 0 aliphatic heterocycles. The van der Waals surface area contributed by atoms with Gasteiger partial charge >= 0.3 is 0 Å². The first-order valence-electron chi connectivity index (χ1n) is 4.67. The standard InChI is InChI=1S/C11H12Cl2Si/c1-14(13,8-12)11-7-6-9-4-2-3-5-10(9)11/h2-7,11H,8H2,1H3. The molecule has 1 aliphatic rings. The van der Waals surface area contributed by atoms with Gasteiger partial charge in [0.2, 0.25) is 0 Å². The largest absolute Gasteiger partial charge is 0.179 e. The van der Waals surface area contributed by atoms with E-state index in [1.807, 2.05) is 0 Å². The summed E-state index contributed by atoms with van der Waals surface area (Å²) in [6.45, 7) is 2.12. The molecule has 1 aromatic carbocycles. The van der Waals surface area contributed by atoms with Crippen LogP contribution in [0.15, 0.2) is 30.3 Å². The second-order valence-corrected chi connectivity index (χ2v) is 10.7. The minimum absolute atomic E-state index is 0.373. The van der Waals surface area contributed by atoms with Gasteiger partial charge in [0.25, 0.3) is 0 Å². The first kappa shape index (κ1) is 10.3. The van der Waals surface area contributed by atoms with Crippen LogP contribution in [0.3, 0.4) is 0 Å². The van der Waals surface area contributed by atoms with E-state index in [1.165, 1.54) is 11.1 Å². The Labute approximate surface area is 95.3 Å². The van der Waals surface area contributed by atoms with Crippen molar-refractivity contribution in [2.45, 2.75) is 12.1 Å². The van der Waals surface area contributed by atoms with E-state index in [0.29, 0.717) is 11.0 Å². The first-order chi connectivity index (χ1) is 6.65. The molecular weight excluding hydrogens is 231 g/mol. The van der Waals surface area contributed by atoms with E-state index < -0.39 is 7.38 Å². The molecule has 0 aromatic heterocycles. The van der Waals surface area contributed by atoms with Crippen molar-refractivity contribution in [3.8, 4) is 0 Å². The van der Waals surface area contributed by atoms with Crippen LogP contribution in [0, 0.1) is 0 Å². The lowest BCUT2D eigenvalue weighted by Gasteiger charge is -2.23. The highest BCUT2D eigenvalue weighted by molar-refractivity contribution is 7.22. The molecule has 2 rings (SSSR count). The lowest BCUT2D eigenvalue weighted by molar-refractivity contribution is 1.19. The summed E-state index contributed by atoms with van der Waals surface area (Å²) in [6, 6.07) is 8.40. The SMILES string of the molecule is C[Si](Cl)(CCl)C1C=Cc2ccccc21. The van der Waals surface area contributed by atoms with Crippen LogP contribution in [-0.4, -0.2) is 12.9 Å². The zero-order chi connectivity index (χ0) is 10.2. The zero-order valence-corrected chi connectivity index (χ0v) is 10.5. The molecule has 0 heterocycles. The van der Waals surface area contributed by atoms with E-state index in [9.17, 15) is 0 Å². The molecule has 0 radical (unpaired) electrons. The quantitative estimate of drug-likeness (QED) is 0.419. The second-order valence-electron chi connectivity index (χ2n) is 3.88. The lowest BCUT2D eigenvalue weighted by Crippen LogP contribution is -2.33. The molecule has 0 amide bonds. The number of hydrogen-bond acceptors (Lipinski definition) is 0. The minimum atomic E-state index is -1.84. The van der Waals surface area contributed by atoms with Crippen LogP contribution >= 0.6 is 22.7 Å². The number of alkyl halides is 1. The number of rotatable bonds is 2. The summed E-state index contributed by atoms with van der Waals surface area (Å²) in [4.78, 5) is 0. The average Bonchev–Trinajstić information content (AvgIpc) is 2.61. The monoisotopic (exact) mass is 242 g/mol. The van der Waals surface area contributed by atoms with Crippen LogP contribution in [0.4, 0.5) is 0 Å². The highest BCUT2D eigenvalue weighted by Gasteiger charge is 2.36. The molecule has 0 N–H and O–H groups in total. The van der Waals surface area contributed by atoms with Gasteiger partial charge < -0.3 is 0 Å². The van der Waals surface area contributed by atoms with Gasteiger partial charge in [-0.05, 0) is 11.1 Å². The molecule has 1 aromatic rings. The Hall–Kier alpha value is -0.243. The van der Waals surface area contributed by atoms with Gasteiger partial charge in [-0.15, -0.1) is 11.6 Å². The summed E-state index contributed by atoms with van der Waals surface area (Å²) in [5.74, 6) is 0. The van der Waals surface area contributed by atoms with Crippen LogP contribution in [0.5, 0.6) is 0 Å². The van der Waals surface area contributed by atoms with Crippen molar-refractivity contribution >= 4 is 36.1 Å². The maximum Gasteiger partial charge on any atom is 0.179 e. The van der Waals surface area contributed by atoms with Gasteiger partial charge in [0.15, 0.2) is 7.38 Å². The van der Waals surface area contributed by atoms with Gasteiger partial charge in [0.05, 0.1) is 0 Å². The summed E-state index contributed by atoms with van der Waals surface area (Å²) in [5, 5.41) is 0. The van der Waals surface area contributed by atoms with Crippen molar-refractivity contribution in [1.29, 1.82) is 0 Å². The first-order valence-corrected chi connectivity index (χ1v) is 9.00. The third-order valence-electron chi connectivity index (χ3n) is 2.71. The van der Waals surface area contributed by atoms with Crippen LogP contribution in [0.1, 0.15) is 16.7 Å². The molecule has 3 heteroatoms. The molecule has 74 valence electrons. The van der Waals surface area contributed by atoms with E-state index in [1.54, 1.807) is 0 Å². The molecule has 0 fully saturated rings. The van der Waals surface area contributed by atoms with Gasteiger partial charge in [-0.2, -0.15) is 11.1 Å². The van der Waals surface area contributed by atoms with Crippen LogP contribution in [0.2, 0.25) is 6.55 Å². The van der Waals surface area contributed by atoms with E-state index >= 15 is 0 Å². The summed E-state index contributed by atoms with van der Waals surface area (Å²) >= 11 is 12.4. The highest BCUT2D eigenvalue weighted by atomic mass is 35.6. The maximum absolute atomic E-state index is 6.51. The van der Waals surface area contributed by atoms with Crippen LogP contribution in [-0.2, 0) is 0 Å². The summed E-state index contributed by atoms with van der Waals surface area (Å²) < 4.78 is 0. The Balaban J connectivity index is 2.40. The van der Waals surface area contributed by atoms with E-state index in [0.717, 1.165) is 0 Å². The minimum Gasteiger partial charge on any atom is -0.165 e. The van der Waals surface area contributed by atoms with Crippen molar-refractivity contribution in [2.24, 2.45) is 0 Å². The average molecular weight is 243 g/mol. The van der Waals surface area contributed by atoms with Gasteiger partial charge in [0, 0.05) is 11.0 Å². The summed E-state index contributed by atoms with van der Waals surface area (Å²) in [7, 11) is -1.84. The Bertz CT molecular complexity index is 371. The van der Waals surface area contributed by atoms with Crippen molar-refractivity contribution in [3.63, 3.8) is 0 Å². The number of hydrogen-bond donors (Lipinski definition) is 0. The van der Waals surface area contributed by atoms with Crippen molar-refractivity contribution in [2.75, 3.05) is 5.50 Å². The van der Waals surface area contributed by atoms with Crippen molar-refractivity contribution in [3.05, 3.63) is 41.5 Å². The number of allylic oxidation sites excluding steroid dienone is 1. The topological polar surface area (TPSA) is 0 Å². The van der Waals surface area contributed by atoms with Crippen molar-refractivity contribution < 1.29 is 0 Å². The van der Waals surface area contributed by atoms with Crippen LogP contribution < -0.4 is 0 Å². The van der Waals surface area contributed by atoms with Gasteiger partial charge in [-0.1, -0.05) is 43.0 Å². The summed E-state index contributed by atoms with van der Waals surface area (Å²) in [5.41, 5.74) is 3.61. The second kappa shape index (κ2) is 3.73. The predicted molar refractivity (Wildman–Crippen MR) is 66.4 cm³/mol. The predicted octanol–water partition coefficient (Wildman–Crippen LogP) is 3.93. The Morgan fingerprint density at radius 1 is 1.36 bits per heavy atom. The molecule has 0 nitrogen and oxygen atoms in total. The smallest absolute Gasteiger partial charge is 0.165 e. The van der Waals surface area contributed by atoms with Gasteiger partial charge in [-0.25, -0.2) is 0 Å². The number of halogens is 2. The zero-order valence-electron chi connectivity index (χ0n) is 8.00. The van der Waals surface area contributed by atoms with E-state index in [4.69, 9.17) is 22.7 Å². The molecule has 0 saturated heterocycles. The van der Waals surface area contributed by atoms with Crippen molar-refractivity contribution in [1.82, 2.24) is 0 Å². The molecule has 1 aliphatic carbocycles. The Morgan fingerprint density at radius 2 is 2.07 bits per heavy atom. The molecule has 0 spiro atoms. The van der Waals surface area contributed by atoms with Crippen LogP contribution in [0.25, 0.3) is 6.08 Å². The Morgan fingerprint density at radius 3 is 2.79 bits per heavy atom. The maximum atomic E-state index is 6.51. The fourth-order valence-corrected chi connectivity index (χ4v) is 4.50. The lowest BCUT2D eigenvalue weighted by atomic mass is 10.1. The fourth-order valence-electron chi connectivity index (χ4n) is 1.86. The molecule has 0 saturated carbocycles. The summed E-state index contributed by atoms with van der Waals surface area (Å²) in [6.07, 6.45) is 4.35. The highest BCUT2D eigenvalue weighted by Crippen LogP contribution is 2.38. The molecule has 2 atom stereocenters. The fraction of sp³-hybridized carbons (Fsp3) is 0.273. The molecular formula is C11H12Cl2Si. The molecule has 0 bridgehead atoms. The number of fused-ring (bicyclic) bond motifs is 1. The Kier molecular flexibility index (Phi) is 2.74. The van der Waals surface area contributed by atoms with E-state index in [-0.39, 0.29) is 0 Å².